The first kappa shape index (κ1) is 22.8. The number of anilines is 1. The highest BCUT2D eigenvalue weighted by Crippen LogP contribution is 2.27. The molecular formula is C25H27ClN2O3. The van der Waals surface area contributed by atoms with Crippen molar-refractivity contribution < 1.29 is 14.6 Å². The predicted octanol–water partition coefficient (Wildman–Crippen LogP) is 4.84. The Morgan fingerprint density at radius 1 is 1.06 bits per heavy atom. The minimum absolute atomic E-state index is 0.346. The lowest BCUT2D eigenvalue weighted by molar-refractivity contribution is 0.0601. The topological polar surface area (TPSA) is 70.6 Å². The van der Waals surface area contributed by atoms with Gasteiger partial charge in [0, 0.05) is 30.3 Å². The van der Waals surface area contributed by atoms with Gasteiger partial charge in [-0.25, -0.2) is 4.79 Å². The molecule has 3 aromatic rings. The van der Waals surface area contributed by atoms with E-state index in [2.05, 4.69) is 16.7 Å². The van der Waals surface area contributed by atoms with E-state index in [1.807, 2.05) is 49.4 Å². The molecule has 0 aliphatic carbocycles. The number of aryl methyl sites for hydroxylation is 1. The number of aliphatic hydroxyl groups excluding tert-OH is 1. The first-order valence-corrected chi connectivity index (χ1v) is 10.5. The summed E-state index contributed by atoms with van der Waals surface area (Å²) in [7, 11) is 1.38. The smallest absolute Gasteiger partial charge is 0.337 e. The minimum atomic E-state index is -0.605. The van der Waals surface area contributed by atoms with Crippen molar-refractivity contribution in [2.45, 2.75) is 13.0 Å². The van der Waals surface area contributed by atoms with Gasteiger partial charge in [-0.3, -0.25) is 0 Å². The van der Waals surface area contributed by atoms with E-state index in [0.717, 1.165) is 27.9 Å². The Balaban J connectivity index is 1.55. The van der Waals surface area contributed by atoms with Crippen LogP contribution in [0.4, 0.5) is 5.69 Å². The maximum Gasteiger partial charge on any atom is 0.337 e. The molecule has 0 aromatic heterocycles. The zero-order valence-electron chi connectivity index (χ0n) is 17.7. The molecule has 6 heteroatoms. The average molecular weight is 439 g/mol. The van der Waals surface area contributed by atoms with Crippen molar-refractivity contribution in [1.29, 1.82) is 0 Å². The molecule has 5 nitrogen and oxygen atoms in total. The molecule has 3 rings (SSSR count). The average Bonchev–Trinajstić information content (AvgIpc) is 2.78. The van der Waals surface area contributed by atoms with Crippen LogP contribution in [0, 0.1) is 6.92 Å². The van der Waals surface area contributed by atoms with Crippen molar-refractivity contribution >= 4 is 23.3 Å². The van der Waals surface area contributed by atoms with Crippen molar-refractivity contribution in [3.05, 3.63) is 88.4 Å². The second-order valence-corrected chi connectivity index (χ2v) is 7.74. The molecule has 0 fully saturated rings. The number of hydrogen-bond acceptors (Lipinski definition) is 5. The number of hydrogen-bond donors (Lipinski definition) is 3. The van der Waals surface area contributed by atoms with Gasteiger partial charge in [0.25, 0.3) is 0 Å². The number of carbonyl (C=O) groups excluding carboxylic acids is 1. The zero-order valence-corrected chi connectivity index (χ0v) is 18.4. The van der Waals surface area contributed by atoms with Crippen LogP contribution in [0.15, 0.2) is 66.7 Å². The van der Waals surface area contributed by atoms with Crippen LogP contribution in [0.25, 0.3) is 11.1 Å². The monoisotopic (exact) mass is 438 g/mol. The highest BCUT2D eigenvalue weighted by atomic mass is 35.5. The molecule has 0 amide bonds. The Kier molecular flexibility index (Phi) is 8.06. The van der Waals surface area contributed by atoms with E-state index in [1.54, 1.807) is 18.2 Å². The summed E-state index contributed by atoms with van der Waals surface area (Å²) in [5.41, 5.74) is 5.42. The van der Waals surface area contributed by atoms with Gasteiger partial charge in [0.05, 0.1) is 18.8 Å². The molecule has 0 heterocycles. The number of methoxy groups -OCH3 is 1. The molecule has 1 atom stereocenters. The summed E-state index contributed by atoms with van der Waals surface area (Å²) in [5.74, 6) is -0.346. The van der Waals surface area contributed by atoms with Crippen LogP contribution < -0.4 is 10.6 Å². The quantitative estimate of drug-likeness (QED) is 0.329. The van der Waals surface area contributed by atoms with E-state index in [4.69, 9.17) is 16.3 Å². The lowest BCUT2D eigenvalue weighted by Crippen LogP contribution is -2.26. The Labute approximate surface area is 188 Å². The van der Waals surface area contributed by atoms with Crippen molar-refractivity contribution in [3.8, 4) is 11.1 Å². The first-order valence-electron chi connectivity index (χ1n) is 10.2. The molecule has 0 radical (unpaired) electrons. The van der Waals surface area contributed by atoms with Gasteiger partial charge >= 0.3 is 5.97 Å². The van der Waals surface area contributed by atoms with E-state index in [1.165, 1.54) is 7.11 Å². The van der Waals surface area contributed by atoms with Crippen molar-refractivity contribution in [2.24, 2.45) is 0 Å². The van der Waals surface area contributed by atoms with Gasteiger partial charge in [0.1, 0.15) is 0 Å². The van der Waals surface area contributed by atoms with E-state index < -0.39 is 6.10 Å². The summed E-state index contributed by atoms with van der Waals surface area (Å²) in [6, 6.07) is 20.9. The summed E-state index contributed by atoms with van der Waals surface area (Å²) in [5, 5.41) is 17.5. The number of esters is 1. The van der Waals surface area contributed by atoms with Crippen molar-refractivity contribution in [3.63, 3.8) is 0 Å². The van der Waals surface area contributed by atoms with E-state index in [9.17, 15) is 9.90 Å². The van der Waals surface area contributed by atoms with Crippen LogP contribution >= 0.6 is 11.6 Å². The molecule has 31 heavy (non-hydrogen) atoms. The zero-order chi connectivity index (χ0) is 22.2. The highest BCUT2D eigenvalue weighted by molar-refractivity contribution is 6.30. The Hall–Kier alpha value is -2.86. The van der Waals surface area contributed by atoms with Gasteiger partial charge < -0.3 is 20.5 Å². The van der Waals surface area contributed by atoms with E-state index >= 15 is 0 Å². The normalized spacial score (nSPS) is 11.7. The molecule has 0 aliphatic rings. The Morgan fingerprint density at radius 2 is 1.87 bits per heavy atom. The summed E-state index contributed by atoms with van der Waals surface area (Å²) in [6.45, 7) is 3.86. The third-order valence-electron chi connectivity index (χ3n) is 5.03. The number of halogens is 1. The van der Waals surface area contributed by atoms with E-state index in [0.29, 0.717) is 30.2 Å². The van der Waals surface area contributed by atoms with Crippen LogP contribution in [0.2, 0.25) is 5.02 Å². The molecule has 3 N–H and O–H groups in total. The molecular weight excluding hydrogens is 412 g/mol. The first-order chi connectivity index (χ1) is 15.0. The molecule has 162 valence electrons. The summed E-state index contributed by atoms with van der Waals surface area (Å²) < 4.78 is 4.84. The van der Waals surface area contributed by atoms with Crippen LogP contribution in [0.1, 0.15) is 27.6 Å². The maximum absolute atomic E-state index is 11.9. The third-order valence-corrected chi connectivity index (χ3v) is 5.27. The molecule has 0 aliphatic heterocycles. The van der Waals surface area contributed by atoms with Crippen molar-refractivity contribution in [2.75, 3.05) is 32.1 Å². The lowest BCUT2D eigenvalue weighted by Gasteiger charge is -2.14. The summed E-state index contributed by atoms with van der Waals surface area (Å²) in [4.78, 5) is 11.9. The molecule has 3 aromatic carbocycles. The fraction of sp³-hybridized carbons (Fsp3) is 0.240. The van der Waals surface area contributed by atoms with Gasteiger partial charge in [-0.15, -0.1) is 0 Å². The second-order valence-electron chi connectivity index (χ2n) is 7.30. The number of aliphatic hydroxyl groups is 1. The largest absolute Gasteiger partial charge is 0.465 e. The number of nitrogens with one attached hydrogen (secondary N) is 2. The third kappa shape index (κ3) is 6.31. The second kappa shape index (κ2) is 11.0. The lowest BCUT2D eigenvalue weighted by atomic mass is 9.97. The van der Waals surface area contributed by atoms with Gasteiger partial charge in [-0.2, -0.15) is 0 Å². The highest BCUT2D eigenvalue weighted by Gasteiger charge is 2.10. The molecule has 0 unspecified atom stereocenters. The van der Waals surface area contributed by atoms with Crippen LogP contribution in [-0.2, 0) is 4.74 Å². The Morgan fingerprint density at radius 3 is 2.65 bits per heavy atom. The van der Waals surface area contributed by atoms with Crippen LogP contribution in [-0.4, -0.2) is 37.8 Å². The standard InChI is InChI=1S/C25H27ClN2O3/c1-17-9-10-20(25(30)31-2)15-23(17)18-5-4-8-22(14-18)28-12-11-27-16-24(29)19-6-3-7-21(26)13-19/h3-10,13-15,24,27-29H,11-12,16H2,1-2H3/t24-/m0/s1. The van der Waals surface area contributed by atoms with Crippen LogP contribution in [0.3, 0.4) is 0 Å². The summed E-state index contributed by atoms with van der Waals surface area (Å²) in [6.07, 6.45) is -0.605. The maximum atomic E-state index is 11.9. The summed E-state index contributed by atoms with van der Waals surface area (Å²) >= 11 is 5.97. The number of carbonyl (C=O) groups is 1. The van der Waals surface area contributed by atoms with Gasteiger partial charge in [0.2, 0.25) is 0 Å². The number of ether oxygens (including phenoxy) is 1. The molecule has 0 saturated heterocycles. The fourth-order valence-corrected chi connectivity index (χ4v) is 3.54. The fourth-order valence-electron chi connectivity index (χ4n) is 3.34. The minimum Gasteiger partial charge on any atom is -0.465 e. The number of benzene rings is 3. The van der Waals surface area contributed by atoms with Gasteiger partial charge in [0.15, 0.2) is 0 Å². The van der Waals surface area contributed by atoms with Crippen molar-refractivity contribution in [1.82, 2.24) is 5.32 Å². The predicted molar refractivity (Wildman–Crippen MR) is 126 cm³/mol. The molecule has 0 bridgehead atoms. The molecule has 0 saturated carbocycles. The van der Waals surface area contributed by atoms with Gasteiger partial charge in [-0.05, 0) is 65.6 Å². The number of rotatable bonds is 9. The van der Waals surface area contributed by atoms with Gasteiger partial charge in [-0.1, -0.05) is 41.9 Å². The van der Waals surface area contributed by atoms with Crippen LogP contribution in [0.5, 0.6) is 0 Å². The Bertz CT molecular complexity index is 1040. The molecule has 0 spiro atoms. The van der Waals surface area contributed by atoms with E-state index in [-0.39, 0.29) is 5.97 Å². The SMILES string of the molecule is COC(=O)c1ccc(C)c(-c2cccc(NCCNC[C@H](O)c3cccc(Cl)c3)c2)c1.